The maximum atomic E-state index is 2.45. The monoisotopic (exact) mass is 708 g/mol. The van der Waals surface area contributed by atoms with Crippen molar-refractivity contribution in [1.29, 1.82) is 0 Å². The van der Waals surface area contributed by atoms with Crippen LogP contribution in [0.5, 0.6) is 0 Å². The molecule has 0 radical (unpaired) electrons. The van der Waals surface area contributed by atoms with Gasteiger partial charge in [-0.25, -0.2) is 0 Å². The van der Waals surface area contributed by atoms with E-state index >= 15 is 0 Å². The van der Waals surface area contributed by atoms with E-state index in [0.29, 0.717) is 0 Å². The van der Waals surface area contributed by atoms with E-state index in [1.165, 1.54) is 108 Å². The van der Waals surface area contributed by atoms with Crippen LogP contribution in [-0.2, 0) is 0 Å². The minimum atomic E-state index is 1.15. The highest BCUT2D eigenvalue weighted by Gasteiger charge is 2.19. The van der Waals surface area contributed by atoms with Crippen LogP contribution in [0.1, 0.15) is 0 Å². The lowest BCUT2D eigenvalue weighted by Gasteiger charge is -2.14. The molecule has 0 unspecified atom stereocenters. The molecule has 258 valence electrons. The van der Waals surface area contributed by atoms with Gasteiger partial charge in [0.25, 0.3) is 0 Å². The Morgan fingerprint density at radius 3 is 0.750 bits per heavy atom. The minimum Gasteiger partial charge on any atom is -0.309 e. The molecule has 0 amide bonds. The van der Waals surface area contributed by atoms with Crippen LogP contribution >= 0.6 is 0 Å². The molecule has 0 saturated heterocycles. The van der Waals surface area contributed by atoms with Crippen molar-refractivity contribution in [3.05, 3.63) is 194 Å². The summed E-state index contributed by atoms with van der Waals surface area (Å²) in [5, 5.41) is 20.6. The van der Waals surface area contributed by atoms with Crippen molar-refractivity contribution in [2.24, 2.45) is 0 Å². The number of aromatic nitrogens is 2. The topological polar surface area (TPSA) is 9.86 Å². The van der Waals surface area contributed by atoms with Crippen molar-refractivity contribution >= 4 is 108 Å². The Kier molecular flexibility index (Phi) is 5.92. The summed E-state index contributed by atoms with van der Waals surface area (Å²) in [5.41, 5.74) is 7.15. The van der Waals surface area contributed by atoms with Crippen molar-refractivity contribution in [3.8, 4) is 11.4 Å². The van der Waals surface area contributed by atoms with E-state index in [0.717, 1.165) is 11.4 Å². The highest BCUT2D eigenvalue weighted by Crippen LogP contribution is 2.43. The number of hydrogen-bond acceptors (Lipinski definition) is 0. The van der Waals surface area contributed by atoms with Crippen LogP contribution in [0.4, 0.5) is 0 Å². The van der Waals surface area contributed by atoms with Crippen LogP contribution < -0.4 is 0 Å². The summed E-state index contributed by atoms with van der Waals surface area (Å²) in [7, 11) is 0. The van der Waals surface area contributed by atoms with Gasteiger partial charge in [-0.2, -0.15) is 0 Å². The first-order valence-electron chi connectivity index (χ1n) is 19.4. The van der Waals surface area contributed by atoms with Gasteiger partial charge in [0.05, 0.1) is 22.1 Å². The lowest BCUT2D eigenvalue weighted by atomic mass is 9.93. The average Bonchev–Trinajstić information content (AvgIpc) is 3.77. The largest absolute Gasteiger partial charge is 0.309 e. The Hall–Kier alpha value is -7.42. The van der Waals surface area contributed by atoms with Gasteiger partial charge in [-0.15, -0.1) is 0 Å². The molecule has 0 bridgehead atoms. The molecular formula is C54H32N2. The second kappa shape index (κ2) is 11.1. The zero-order valence-corrected chi connectivity index (χ0v) is 30.4. The summed E-state index contributed by atoms with van der Waals surface area (Å²) < 4.78 is 4.91. The van der Waals surface area contributed by atoms with Gasteiger partial charge >= 0.3 is 0 Å². The minimum absolute atomic E-state index is 1.15. The maximum Gasteiger partial charge on any atom is 0.0547 e. The normalized spacial score (nSPS) is 12.3. The average molecular weight is 709 g/mol. The SMILES string of the molecule is c1ccc2c(c1)c1ccccc1c1cc3c(cc21)c1ccccc1n3-c1ccc(-n2c3ccccc3c3cc4c5ccccc5c5ccccc5c4cc32)cc1. The molecule has 0 aliphatic rings. The molecule has 2 nitrogen and oxygen atoms in total. The third-order valence-corrected chi connectivity index (χ3v) is 12.4. The fraction of sp³-hybridized carbons (Fsp3) is 0. The van der Waals surface area contributed by atoms with Crippen LogP contribution in [-0.4, -0.2) is 9.13 Å². The molecular weight excluding hydrogens is 677 g/mol. The first kappa shape index (κ1) is 30.0. The van der Waals surface area contributed by atoms with Gasteiger partial charge in [-0.05, 0) is 125 Å². The van der Waals surface area contributed by atoms with Crippen LogP contribution in [0.2, 0.25) is 0 Å². The van der Waals surface area contributed by atoms with Crippen molar-refractivity contribution in [1.82, 2.24) is 9.13 Å². The summed E-state index contributed by atoms with van der Waals surface area (Å²) in [4.78, 5) is 0. The van der Waals surface area contributed by atoms with Gasteiger partial charge in [0.1, 0.15) is 0 Å². The van der Waals surface area contributed by atoms with E-state index in [1.54, 1.807) is 0 Å². The molecule has 2 heterocycles. The number of fused-ring (bicyclic) bond motifs is 18. The van der Waals surface area contributed by atoms with Crippen molar-refractivity contribution in [3.63, 3.8) is 0 Å². The van der Waals surface area contributed by atoms with E-state index in [-0.39, 0.29) is 0 Å². The molecule has 2 heteroatoms. The van der Waals surface area contributed by atoms with Crippen LogP contribution in [0.3, 0.4) is 0 Å². The predicted octanol–water partition coefficient (Wildman–Crippen LogP) is 14.8. The van der Waals surface area contributed by atoms with E-state index in [2.05, 4.69) is 203 Å². The highest BCUT2D eigenvalue weighted by atomic mass is 15.0. The maximum absolute atomic E-state index is 2.45. The molecule has 11 aromatic carbocycles. The Bertz CT molecular complexity index is 3550. The lowest BCUT2D eigenvalue weighted by molar-refractivity contribution is 1.15. The Morgan fingerprint density at radius 1 is 0.179 bits per heavy atom. The fourth-order valence-corrected chi connectivity index (χ4v) is 10.0. The number of rotatable bonds is 2. The molecule has 0 saturated carbocycles. The van der Waals surface area contributed by atoms with Gasteiger partial charge in [0.15, 0.2) is 0 Å². The molecule has 0 spiro atoms. The summed E-state index contributed by atoms with van der Waals surface area (Å²) in [6.45, 7) is 0. The molecule has 2 aromatic heterocycles. The Morgan fingerprint density at radius 2 is 0.429 bits per heavy atom. The Labute approximate surface area is 321 Å². The summed E-state index contributed by atoms with van der Waals surface area (Å²) >= 11 is 0. The number of para-hydroxylation sites is 2. The summed E-state index contributed by atoms with van der Waals surface area (Å²) in [6.07, 6.45) is 0. The highest BCUT2D eigenvalue weighted by molar-refractivity contribution is 6.30. The van der Waals surface area contributed by atoms with Gasteiger partial charge in [0.2, 0.25) is 0 Å². The number of benzene rings is 11. The van der Waals surface area contributed by atoms with Gasteiger partial charge < -0.3 is 9.13 Å². The molecule has 0 fully saturated rings. The van der Waals surface area contributed by atoms with Crippen molar-refractivity contribution in [2.45, 2.75) is 0 Å². The zero-order chi connectivity index (χ0) is 36.5. The van der Waals surface area contributed by atoms with E-state index in [4.69, 9.17) is 0 Å². The molecule has 0 N–H and O–H groups in total. The first-order chi connectivity index (χ1) is 27.8. The van der Waals surface area contributed by atoms with Crippen molar-refractivity contribution in [2.75, 3.05) is 0 Å². The van der Waals surface area contributed by atoms with Gasteiger partial charge in [-0.1, -0.05) is 133 Å². The van der Waals surface area contributed by atoms with Crippen LogP contribution in [0.15, 0.2) is 194 Å². The molecule has 56 heavy (non-hydrogen) atoms. The van der Waals surface area contributed by atoms with Gasteiger partial charge in [-0.3, -0.25) is 0 Å². The summed E-state index contributed by atoms with van der Waals surface area (Å²) in [5.74, 6) is 0. The number of nitrogens with zero attached hydrogens (tertiary/aromatic N) is 2. The van der Waals surface area contributed by atoms with E-state index < -0.39 is 0 Å². The fourth-order valence-electron chi connectivity index (χ4n) is 10.0. The zero-order valence-electron chi connectivity index (χ0n) is 30.4. The third kappa shape index (κ3) is 3.95. The van der Waals surface area contributed by atoms with Crippen molar-refractivity contribution < 1.29 is 0 Å². The van der Waals surface area contributed by atoms with Crippen LogP contribution in [0, 0.1) is 0 Å². The van der Waals surface area contributed by atoms with E-state index in [9.17, 15) is 0 Å². The molecule has 0 aliphatic carbocycles. The smallest absolute Gasteiger partial charge is 0.0547 e. The second-order valence-corrected chi connectivity index (χ2v) is 15.2. The standard InChI is InChI=1S/C54H32N2/c1-5-17-39-35(13-1)37-15-3-7-19-41(37)47-31-53-49(29-45(39)47)43-21-9-11-23-51(43)55(53)33-25-27-34(28-26-33)56-52-24-12-10-22-44(52)50-30-46-40-18-6-2-14-36(40)38-16-4-8-20-42(38)48(46)32-54(50)56/h1-32H. The Balaban J connectivity index is 1.06. The van der Waals surface area contributed by atoms with Crippen LogP contribution in [0.25, 0.3) is 120 Å². The number of hydrogen-bond donors (Lipinski definition) is 0. The molecule has 0 atom stereocenters. The second-order valence-electron chi connectivity index (χ2n) is 15.2. The quantitative estimate of drug-likeness (QED) is 0.158. The van der Waals surface area contributed by atoms with Gasteiger partial charge in [0, 0.05) is 32.9 Å². The van der Waals surface area contributed by atoms with E-state index in [1.807, 2.05) is 0 Å². The molecule has 0 aliphatic heterocycles. The molecule has 13 rings (SSSR count). The first-order valence-corrected chi connectivity index (χ1v) is 19.4. The predicted molar refractivity (Wildman–Crippen MR) is 240 cm³/mol. The third-order valence-electron chi connectivity index (χ3n) is 12.4. The summed E-state index contributed by atoms with van der Waals surface area (Å²) in [6, 6.07) is 72.0. The lowest BCUT2D eigenvalue weighted by Crippen LogP contribution is -1.97. The molecule has 13 aromatic rings.